The normalized spacial score (nSPS) is 11.0. The Morgan fingerprint density at radius 2 is 1.15 bits per heavy atom. The van der Waals surface area contributed by atoms with Gasteiger partial charge in [0.15, 0.2) is 0 Å². The zero-order chi connectivity index (χ0) is 22.3. The molecule has 0 aliphatic rings. The zero-order valence-electron chi connectivity index (χ0n) is 19.0. The third-order valence-electron chi connectivity index (χ3n) is 6.32. The van der Waals surface area contributed by atoms with Crippen LogP contribution in [0.15, 0.2) is 115 Å². The first-order valence-electron chi connectivity index (χ1n) is 11.9. The van der Waals surface area contributed by atoms with E-state index in [1.807, 2.05) is 6.07 Å². The van der Waals surface area contributed by atoms with Gasteiger partial charge in [0, 0.05) is 10.9 Å². The summed E-state index contributed by atoms with van der Waals surface area (Å²) in [5.74, 6) is 0. The molecule has 0 unspecified atom stereocenters. The van der Waals surface area contributed by atoms with E-state index in [-0.39, 0.29) is 0 Å². The van der Waals surface area contributed by atoms with Crippen LogP contribution in [-0.4, -0.2) is 4.98 Å². The standard InChI is InChI=1S/C32H29N/c1-3-10-25(11-4-1)12-5-2-6-13-26-18-20-27(21-19-26)29-15-9-16-30(24-29)32-23-22-28-14-7-8-17-31(28)33-32/h1,3-4,7-11,14-24H,2,5-6,12-13H2. The van der Waals surface area contributed by atoms with E-state index in [1.165, 1.54) is 53.3 Å². The maximum absolute atomic E-state index is 4.86. The third-order valence-corrected chi connectivity index (χ3v) is 6.32. The molecule has 0 saturated heterocycles. The Hall–Kier alpha value is -3.71. The predicted molar refractivity (Wildman–Crippen MR) is 140 cm³/mol. The summed E-state index contributed by atoms with van der Waals surface area (Å²) in [6.07, 6.45) is 6.11. The molecule has 5 aromatic rings. The minimum atomic E-state index is 1.02. The smallest absolute Gasteiger partial charge is 0.0709 e. The molecule has 1 aromatic heterocycles. The van der Waals surface area contributed by atoms with Crippen LogP contribution >= 0.6 is 0 Å². The summed E-state index contributed by atoms with van der Waals surface area (Å²) in [4.78, 5) is 4.86. The number of fused-ring (bicyclic) bond motifs is 1. The van der Waals surface area contributed by atoms with E-state index in [2.05, 4.69) is 109 Å². The molecule has 1 heterocycles. The second-order valence-corrected chi connectivity index (χ2v) is 8.71. The summed E-state index contributed by atoms with van der Waals surface area (Å²) in [5, 5.41) is 1.17. The Kier molecular flexibility index (Phi) is 6.58. The lowest BCUT2D eigenvalue weighted by Gasteiger charge is -2.08. The van der Waals surface area contributed by atoms with Gasteiger partial charge in [-0.1, -0.05) is 103 Å². The lowest BCUT2D eigenvalue weighted by Crippen LogP contribution is -1.89. The second-order valence-electron chi connectivity index (χ2n) is 8.71. The van der Waals surface area contributed by atoms with Gasteiger partial charge in [-0.05, 0) is 66.1 Å². The van der Waals surface area contributed by atoms with Crippen LogP contribution in [-0.2, 0) is 12.8 Å². The van der Waals surface area contributed by atoms with Crippen LogP contribution in [0.2, 0.25) is 0 Å². The molecule has 0 amide bonds. The largest absolute Gasteiger partial charge is 0.248 e. The molecule has 0 saturated carbocycles. The van der Waals surface area contributed by atoms with Crippen molar-refractivity contribution in [3.05, 3.63) is 126 Å². The number of nitrogens with zero attached hydrogens (tertiary/aromatic N) is 1. The highest BCUT2D eigenvalue weighted by Crippen LogP contribution is 2.27. The van der Waals surface area contributed by atoms with Gasteiger partial charge < -0.3 is 0 Å². The molecular formula is C32H29N. The van der Waals surface area contributed by atoms with Gasteiger partial charge in [0.05, 0.1) is 11.2 Å². The molecule has 1 nitrogen and oxygen atoms in total. The number of aromatic nitrogens is 1. The molecule has 162 valence electrons. The number of para-hydroxylation sites is 1. The number of benzene rings is 4. The number of unbranched alkanes of at least 4 members (excludes halogenated alkanes) is 2. The van der Waals surface area contributed by atoms with Gasteiger partial charge in [-0.25, -0.2) is 4.98 Å². The van der Waals surface area contributed by atoms with Crippen LogP contribution in [0.4, 0.5) is 0 Å². The van der Waals surface area contributed by atoms with Crippen molar-refractivity contribution in [1.29, 1.82) is 0 Å². The minimum absolute atomic E-state index is 1.02. The van der Waals surface area contributed by atoms with Gasteiger partial charge in [0.2, 0.25) is 0 Å². The summed E-state index contributed by atoms with van der Waals surface area (Å²) >= 11 is 0. The Morgan fingerprint density at radius 3 is 1.97 bits per heavy atom. The summed E-state index contributed by atoms with van der Waals surface area (Å²) in [6.45, 7) is 0. The van der Waals surface area contributed by atoms with Crippen molar-refractivity contribution in [1.82, 2.24) is 4.98 Å². The van der Waals surface area contributed by atoms with Crippen LogP contribution in [0.25, 0.3) is 33.3 Å². The van der Waals surface area contributed by atoms with Crippen LogP contribution in [0.5, 0.6) is 0 Å². The molecule has 5 rings (SSSR count). The predicted octanol–water partition coefficient (Wildman–Crippen LogP) is 8.52. The van der Waals surface area contributed by atoms with Crippen LogP contribution in [0.1, 0.15) is 30.4 Å². The maximum Gasteiger partial charge on any atom is 0.0709 e. The third kappa shape index (κ3) is 5.38. The van der Waals surface area contributed by atoms with E-state index in [1.54, 1.807) is 0 Å². The number of aryl methyl sites for hydroxylation is 2. The lowest BCUT2D eigenvalue weighted by molar-refractivity contribution is 0.678. The van der Waals surface area contributed by atoms with Crippen molar-refractivity contribution in [3.8, 4) is 22.4 Å². The van der Waals surface area contributed by atoms with E-state index >= 15 is 0 Å². The Balaban J connectivity index is 1.21. The van der Waals surface area contributed by atoms with Crippen molar-refractivity contribution in [3.63, 3.8) is 0 Å². The van der Waals surface area contributed by atoms with Gasteiger partial charge in [-0.15, -0.1) is 0 Å². The number of hydrogen-bond donors (Lipinski definition) is 0. The molecule has 0 bridgehead atoms. The summed E-state index contributed by atoms with van der Waals surface area (Å²) in [7, 11) is 0. The second kappa shape index (κ2) is 10.3. The first kappa shape index (κ1) is 21.2. The van der Waals surface area contributed by atoms with Gasteiger partial charge >= 0.3 is 0 Å². The van der Waals surface area contributed by atoms with Crippen molar-refractivity contribution in [2.45, 2.75) is 32.1 Å². The molecule has 0 radical (unpaired) electrons. The monoisotopic (exact) mass is 427 g/mol. The summed E-state index contributed by atoms with van der Waals surface area (Å²) in [6, 6.07) is 41.1. The van der Waals surface area contributed by atoms with Crippen molar-refractivity contribution in [2.24, 2.45) is 0 Å². The van der Waals surface area contributed by atoms with Gasteiger partial charge in [-0.2, -0.15) is 0 Å². The molecule has 0 spiro atoms. The average Bonchev–Trinajstić information content (AvgIpc) is 2.89. The Morgan fingerprint density at radius 1 is 0.455 bits per heavy atom. The molecule has 0 fully saturated rings. The molecule has 0 aliphatic heterocycles. The van der Waals surface area contributed by atoms with Crippen LogP contribution in [0.3, 0.4) is 0 Å². The average molecular weight is 428 g/mol. The number of rotatable bonds is 8. The molecule has 33 heavy (non-hydrogen) atoms. The lowest BCUT2D eigenvalue weighted by atomic mass is 9.98. The molecule has 0 atom stereocenters. The van der Waals surface area contributed by atoms with Gasteiger partial charge in [0.1, 0.15) is 0 Å². The Labute approximate surface area is 196 Å². The minimum Gasteiger partial charge on any atom is -0.248 e. The van der Waals surface area contributed by atoms with Crippen LogP contribution < -0.4 is 0 Å². The maximum atomic E-state index is 4.86. The highest BCUT2D eigenvalue weighted by molar-refractivity contribution is 5.82. The first-order chi connectivity index (χ1) is 16.3. The fourth-order valence-corrected chi connectivity index (χ4v) is 4.43. The fraction of sp³-hybridized carbons (Fsp3) is 0.156. The molecule has 1 heteroatoms. The zero-order valence-corrected chi connectivity index (χ0v) is 19.0. The highest BCUT2D eigenvalue weighted by atomic mass is 14.7. The van der Waals surface area contributed by atoms with E-state index in [9.17, 15) is 0 Å². The van der Waals surface area contributed by atoms with E-state index in [4.69, 9.17) is 4.98 Å². The number of pyridine rings is 1. The van der Waals surface area contributed by atoms with E-state index in [0.29, 0.717) is 0 Å². The quantitative estimate of drug-likeness (QED) is 0.226. The van der Waals surface area contributed by atoms with Crippen molar-refractivity contribution >= 4 is 10.9 Å². The number of hydrogen-bond acceptors (Lipinski definition) is 1. The van der Waals surface area contributed by atoms with E-state index < -0.39 is 0 Å². The summed E-state index contributed by atoms with van der Waals surface area (Å²) in [5.41, 5.74) is 8.56. The molecule has 0 N–H and O–H groups in total. The SMILES string of the molecule is c1ccc(CCCCCc2ccc(-c3cccc(-c4ccc5ccccc5n4)c3)cc2)cc1. The fourth-order valence-electron chi connectivity index (χ4n) is 4.43. The topological polar surface area (TPSA) is 12.9 Å². The molecule has 4 aromatic carbocycles. The highest BCUT2D eigenvalue weighted by Gasteiger charge is 2.05. The van der Waals surface area contributed by atoms with Crippen molar-refractivity contribution < 1.29 is 0 Å². The molecule has 0 aliphatic carbocycles. The first-order valence-corrected chi connectivity index (χ1v) is 11.9. The van der Waals surface area contributed by atoms with Crippen LogP contribution in [0, 0.1) is 0 Å². The van der Waals surface area contributed by atoms with Gasteiger partial charge in [-0.3, -0.25) is 0 Å². The van der Waals surface area contributed by atoms with Crippen molar-refractivity contribution in [2.75, 3.05) is 0 Å². The van der Waals surface area contributed by atoms with Gasteiger partial charge in [0.25, 0.3) is 0 Å². The molecular weight excluding hydrogens is 398 g/mol. The summed E-state index contributed by atoms with van der Waals surface area (Å²) < 4.78 is 0. The van der Waals surface area contributed by atoms with E-state index in [0.717, 1.165) is 23.2 Å². The Bertz CT molecular complexity index is 1320.